The molecule has 0 saturated heterocycles. The van der Waals surface area contributed by atoms with E-state index in [4.69, 9.17) is 0 Å². The summed E-state index contributed by atoms with van der Waals surface area (Å²) in [5.41, 5.74) is 3.89. The summed E-state index contributed by atoms with van der Waals surface area (Å²) in [6.07, 6.45) is 2.30. The van der Waals surface area contributed by atoms with Gasteiger partial charge in [-0.05, 0) is 36.6 Å². The van der Waals surface area contributed by atoms with Gasteiger partial charge in [-0.1, -0.05) is 36.4 Å². The van der Waals surface area contributed by atoms with Gasteiger partial charge in [-0.25, -0.2) is 4.98 Å². The van der Waals surface area contributed by atoms with Crippen LogP contribution in [0.1, 0.15) is 18.1 Å². The molecule has 0 aliphatic carbocycles. The Balaban J connectivity index is 1.38. The van der Waals surface area contributed by atoms with Gasteiger partial charge in [0.15, 0.2) is 0 Å². The summed E-state index contributed by atoms with van der Waals surface area (Å²) in [6.45, 7) is 4.57. The van der Waals surface area contributed by atoms with Gasteiger partial charge in [0.1, 0.15) is 6.54 Å². The zero-order valence-electron chi connectivity index (χ0n) is 16.0. The summed E-state index contributed by atoms with van der Waals surface area (Å²) in [5.74, 6) is -0.164. The highest BCUT2D eigenvalue weighted by Crippen LogP contribution is 2.19. The summed E-state index contributed by atoms with van der Waals surface area (Å²) in [6, 6.07) is 16.1. The standard InChI is InChI=1S/C22H24N4O2/c1-16(25-11-10-17-6-2-3-7-18(17)14-25)12-24-21(27)15-26-20-9-5-4-8-19(20)23-13-22(26)28/h2-9,13,16H,10-12,14-15H2,1H3,(H,24,27). The van der Waals surface area contributed by atoms with E-state index in [1.165, 1.54) is 21.9 Å². The van der Waals surface area contributed by atoms with E-state index in [0.29, 0.717) is 17.6 Å². The number of hydrogen-bond acceptors (Lipinski definition) is 4. The highest BCUT2D eigenvalue weighted by Gasteiger charge is 2.20. The van der Waals surface area contributed by atoms with Crippen LogP contribution in [0.4, 0.5) is 0 Å². The smallest absolute Gasteiger partial charge is 0.269 e. The molecule has 0 bridgehead atoms. The van der Waals surface area contributed by atoms with Gasteiger partial charge in [0.05, 0.1) is 17.2 Å². The maximum Gasteiger partial charge on any atom is 0.269 e. The van der Waals surface area contributed by atoms with Crippen molar-refractivity contribution >= 4 is 16.9 Å². The number of para-hydroxylation sites is 2. The third-order valence-corrected chi connectivity index (χ3v) is 5.43. The van der Waals surface area contributed by atoms with E-state index in [9.17, 15) is 9.59 Å². The monoisotopic (exact) mass is 376 g/mol. The number of fused-ring (bicyclic) bond motifs is 2. The molecule has 3 aromatic rings. The van der Waals surface area contributed by atoms with E-state index in [-0.39, 0.29) is 24.1 Å². The van der Waals surface area contributed by atoms with Crippen molar-refractivity contribution < 1.29 is 4.79 Å². The lowest BCUT2D eigenvalue weighted by Gasteiger charge is -2.33. The molecule has 0 radical (unpaired) electrons. The number of nitrogens with zero attached hydrogens (tertiary/aromatic N) is 3. The first-order valence-electron chi connectivity index (χ1n) is 9.64. The summed E-state index contributed by atoms with van der Waals surface area (Å²) in [4.78, 5) is 31.2. The van der Waals surface area contributed by atoms with Crippen molar-refractivity contribution in [2.45, 2.75) is 32.5 Å². The fraction of sp³-hybridized carbons (Fsp3) is 0.318. The maximum absolute atomic E-state index is 12.5. The first kappa shape index (κ1) is 18.4. The Morgan fingerprint density at radius 3 is 2.75 bits per heavy atom. The average molecular weight is 376 g/mol. The first-order valence-corrected chi connectivity index (χ1v) is 9.64. The Morgan fingerprint density at radius 2 is 1.89 bits per heavy atom. The number of carbonyl (C=O) groups is 1. The van der Waals surface area contributed by atoms with Crippen LogP contribution in [-0.2, 0) is 24.3 Å². The van der Waals surface area contributed by atoms with E-state index in [2.05, 4.69) is 46.4 Å². The first-order chi connectivity index (χ1) is 13.6. The fourth-order valence-corrected chi connectivity index (χ4v) is 3.76. The van der Waals surface area contributed by atoms with Crippen LogP contribution in [0.5, 0.6) is 0 Å². The van der Waals surface area contributed by atoms with Crippen molar-refractivity contribution in [3.8, 4) is 0 Å². The van der Waals surface area contributed by atoms with Crippen molar-refractivity contribution in [1.29, 1.82) is 0 Å². The third-order valence-electron chi connectivity index (χ3n) is 5.43. The fourth-order valence-electron chi connectivity index (χ4n) is 3.76. The second-order valence-corrected chi connectivity index (χ2v) is 7.31. The van der Waals surface area contributed by atoms with Gasteiger partial charge in [0, 0.05) is 25.7 Å². The summed E-state index contributed by atoms with van der Waals surface area (Å²) in [5, 5.41) is 2.98. The third kappa shape index (κ3) is 3.82. The van der Waals surface area contributed by atoms with E-state index in [0.717, 1.165) is 19.5 Å². The molecule has 0 saturated carbocycles. The number of rotatable bonds is 5. The minimum absolute atomic E-state index is 0.00256. The molecule has 0 fully saturated rings. The predicted molar refractivity (Wildman–Crippen MR) is 109 cm³/mol. The molecule has 6 heteroatoms. The lowest BCUT2D eigenvalue weighted by atomic mass is 9.99. The number of benzene rings is 2. The van der Waals surface area contributed by atoms with Crippen LogP contribution in [0.25, 0.3) is 11.0 Å². The van der Waals surface area contributed by atoms with Crippen molar-refractivity contribution in [2.24, 2.45) is 0 Å². The Kier molecular flexibility index (Phi) is 5.21. The Hall–Kier alpha value is -2.99. The van der Waals surface area contributed by atoms with Gasteiger partial charge in [0.2, 0.25) is 5.91 Å². The molecule has 6 nitrogen and oxygen atoms in total. The van der Waals surface area contributed by atoms with Crippen LogP contribution in [0.15, 0.2) is 59.5 Å². The van der Waals surface area contributed by atoms with E-state index < -0.39 is 0 Å². The molecule has 1 aromatic heterocycles. The second-order valence-electron chi connectivity index (χ2n) is 7.31. The van der Waals surface area contributed by atoms with Crippen LogP contribution in [0.2, 0.25) is 0 Å². The van der Waals surface area contributed by atoms with Gasteiger partial charge in [-0.15, -0.1) is 0 Å². The molecule has 1 atom stereocenters. The largest absolute Gasteiger partial charge is 0.353 e. The molecule has 1 aliphatic rings. The number of aromatic nitrogens is 2. The molecular formula is C22H24N4O2. The zero-order valence-corrected chi connectivity index (χ0v) is 16.0. The van der Waals surface area contributed by atoms with Crippen molar-refractivity contribution in [2.75, 3.05) is 13.1 Å². The highest BCUT2D eigenvalue weighted by molar-refractivity contribution is 5.79. The molecule has 2 aromatic carbocycles. The number of hydrogen-bond donors (Lipinski definition) is 1. The topological polar surface area (TPSA) is 67.2 Å². The normalized spacial score (nSPS) is 15.2. The quantitative estimate of drug-likeness (QED) is 0.739. The molecule has 4 rings (SSSR count). The lowest BCUT2D eigenvalue weighted by molar-refractivity contribution is -0.121. The number of carbonyl (C=O) groups excluding carboxylic acids is 1. The average Bonchev–Trinajstić information content (AvgIpc) is 2.73. The molecule has 0 spiro atoms. The van der Waals surface area contributed by atoms with Crippen molar-refractivity contribution in [3.05, 3.63) is 76.2 Å². The molecule has 1 aliphatic heterocycles. The molecule has 28 heavy (non-hydrogen) atoms. The maximum atomic E-state index is 12.5. The van der Waals surface area contributed by atoms with Gasteiger partial charge >= 0.3 is 0 Å². The van der Waals surface area contributed by atoms with Crippen LogP contribution < -0.4 is 10.9 Å². The molecule has 2 heterocycles. The predicted octanol–water partition coefficient (Wildman–Crippen LogP) is 1.96. The molecule has 144 valence electrons. The number of amides is 1. The highest BCUT2D eigenvalue weighted by atomic mass is 16.2. The lowest BCUT2D eigenvalue weighted by Crippen LogP contribution is -2.45. The summed E-state index contributed by atoms with van der Waals surface area (Å²) in [7, 11) is 0. The minimum atomic E-state index is -0.269. The molecule has 1 amide bonds. The van der Waals surface area contributed by atoms with Crippen LogP contribution in [0.3, 0.4) is 0 Å². The van der Waals surface area contributed by atoms with E-state index in [1.807, 2.05) is 24.3 Å². The molecular weight excluding hydrogens is 352 g/mol. The molecule has 1 N–H and O–H groups in total. The van der Waals surface area contributed by atoms with Crippen molar-refractivity contribution in [3.63, 3.8) is 0 Å². The van der Waals surface area contributed by atoms with Crippen LogP contribution in [0, 0.1) is 0 Å². The van der Waals surface area contributed by atoms with Gasteiger partial charge in [0.25, 0.3) is 5.56 Å². The molecule has 1 unspecified atom stereocenters. The van der Waals surface area contributed by atoms with Crippen LogP contribution >= 0.6 is 0 Å². The van der Waals surface area contributed by atoms with Gasteiger partial charge < -0.3 is 5.32 Å². The Morgan fingerprint density at radius 1 is 1.14 bits per heavy atom. The Labute approximate surface area is 163 Å². The summed E-state index contributed by atoms with van der Waals surface area (Å²) < 4.78 is 1.47. The van der Waals surface area contributed by atoms with Gasteiger partial charge in [-0.2, -0.15) is 0 Å². The minimum Gasteiger partial charge on any atom is -0.353 e. The van der Waals surface area contributed by atoms with E-state index >= 15 is 0 Å². The zero-order chi connectivity index (χ0) is 19.5. The Bertz CT molecular complexity index is 1060. The van der Waals surface area contributed by atoms with E-state index in [1.54, 1.807) is 0 Å². The summed E-state index contributed by atoms with van der Waals surface area (Å²) >= 11 is 0. The van der Waals surface area contributed by atoms with Crippen LogP contribution in [-0.4, -0.2) is 39.5 Å². The SMILES string of the molecule is CC(CNC(=O)Cn1c(=O)cnc2ccccc21)N1CCc2ccccc2C1. The van der Waals surface area contributed by atoms with Crippen molar-refractivity contribution in [1.82, 2.24) is 19.8 Å². The van der Waals surface area contributed by atoms with Gasteiger partial charge in [-0.3, -0.25) is 19.1 Å². The second kappa shape index (κ2) is 7.94. The number of nitrogens with one attached hydrogen (secondary N) is 1.